The number of fused-ring (bicyclic) bond motifs is 1. The molecule has 2 aliphatic heterocycles. The third-order valence-electron chi connectivity index (χ3n) is 6.58. The summed E-state index contributed by atoms with van der Waals surface area (Å²) in [5, 5.41) is 8.91. The number of methoxy groups -OCH3 is 1. The van der Waals surface area contributed by atoms with Gasteiger partial charge in [0, 0.05) is 36.8 Å². The molecule has 0 atom stereocenters. The molecule has 0 bridgehead atoms. The van der Waals surface area contributed by atoms with Crippen LogP contribution in [0.4, 0.5) is 11.5 Å². The van der Waals surface area contributed by atoms with Gasteiger partial charge in [0.2, 0.25) is 5.91 Å². The van der Waals surface area contributed by atoms with Crippen LogP contribution in [0.15, 0.2) is 60.7 Å². The fraction of sp³-hybridized carbons (Fsp3) is 0.346. The van der Waals surface area contributed by atoms with Crippen LogP contribution in [-0.2, 0) is 11.2 Å². The molecular weight excluding hydrogens is 400 g/mol. The Morgan fingerprint density at radius 2 is 1.72 bits per heavy atom. The fourth-order valence-corrected chi connectivity index (χ4v) is 4.83. The Morgan fingerprint density at radius 1 is 0.938 bits per heavy atom. The summed E-state index contributed by atoms with van der Waals surface area (Å²) in [7, 11) is 1.66. The number of amides is 1. The number of anilines is 2. The van der Waals surface area contributed by atoms with Crippen LogP contribution >= 0.6 is 0 Å². The minimum Gasteiger partial charge on any atom is -0.496 e. The molecule has 3 aromatic rings. The predicted molar refractivity (Wildman–Crippen MR) is 126 cm³/mol. The van der Waals surface area contributed by atoms with Crippen LogP contribution in [0.1, 0.15) is 24.8 Å². The number of piperidine rings is 1. The standard InChI is InChI=1S/C26H28N4O2/c1-32-24-11-5-3-9-21(24)22-12-13-25(28-27-22)29-17-14-20(15-18-29)26(31)30-16-6-8-19-7-2-4-10-23(19)30/h2-5,7,9-13,20H,6,8,14-18H2,1H3. The van der Waals surface area contributed by atoms with Gasteiger partial charge in [-0.1, -0.05) is 30.3 Å². The average molecular weight is 429 g/mol. The van der Waals surface area contributed by atoms with E-state index in [0.29, 0.717) is 0 Å². The topological polar surface area (TPSA) is 58.6 Å². The molecule has 0 saturated carbocycles. The zero-order valence-corrected chi connectivity index (χ0v) is 18.4. The Morgan fingerprint density at radius 3 is 2.50 bits per heavy atom. The van der Waals surface area contributed by atoms with E-state index in [2.05, 4.69) is 33.3 Å². The number of nitrogens with zero attached hydrogens (tertiary/aromatic N) is 4. The quantitative estimate of drug-likeness (QED) is 0.618. The largest absolute Gasteiger partial charge is 0.496 e. The van der Waals surface area contributed by atoms with Crippen LogP contribution in [0.5, 0.6) is 5.75 Å². The summed E-state index contributed by atoms with van der Waals surface area (Å²) in [4.78, 5) is 17.5. The van der Waals surface area contributed by atoms with Gasteiger partial charge in [-0.15, -0.1) is 10.2 Å². The Balaban J connectivity index is 1.24. The lowest BCUT2D eigenvalue weighted by Gasteiger charge is -2.36. The van der Waals surface area contributed by atoms with Crippen molar-refractivity contribution in [2.75, 3.05) is 36.5 Å². The summed E-state index contributed by atoms with van der Waals surface area (Å²) in [5.74, 6) is 1.98. The van der Waals surface area contributed by atoms with E-state index in [9.17, 15) is 4.79 Å². The van der Waals surface area contributed by atoms with Crippen molar-refractivity contribution in [1.82, 2.24) is 10.2 Å². The summed E-state index contributed by atoms with van der Waals surface area (Å²) in [6, 6.07) is 20.1. The van der Waals surface area contributed by atoms with Crippen molar-refractivity contribution in [3.8, 4) is 17.0 Å². The molecule has 0 radical (unpaired) electrons. The number of carbonyl (C=O) groups excluding carboxylic acids is 1. The summed E-state index contributed by atoms with van der Waals surface area (Å²) in [6.45, 7) is 2.45. The van der Waals surface area contributed by atoms with Gasteiger partial charge in [-0.3, -0.25) is 4.79 Å². The molecule has 5 rings (SSSR count). The molecule has 6 nitrogen and oxygen atoms in total. The summed E-state index contributed by atoms with van der Waals surface area (Å²) in [5.41, 5.74) is 4.11. The first-order valence-corrected chi connectivity index (χ1v) is 11.4. The molecule has 0 aliphatic carbocycles. The van der Waals surface area contributed by atoms with E-state index in [4.69, 9.17) is 4.74 Å². The monoisotopic (exact) mass is 428 g/mol. The molecule has 2 aromatic carbocycles. The van der Waals surface area contributed by atoms with Crippen molar-refractivity contribution in [2.24, 2.45) is 5.92 Å². The van der Waals surface area contributed by atoms with Crippen molar-refractivity contribution >= 4 is 17.4 Å². The lowest BCUT2D eigenvalue weighted by Crippen LogP contribution is -2.44. The number of hydrogen-bond donors (Lipinski definition) is 0. The van der Waals surface area contributed by atoms with Crippen molar-refractivity contribution in [3.05, 3.63) is 66.2 Å². The van der Waals surface area contributed by atoms with Crippen LogP contribution < -0.4 is 14.5 Å². The number of ether oxygens (including phenoxy) is 1. The number of aromatic nitrogens is 2. The van der Waals surface area contributed by atoms with Crippen LogP contribution in [0.2, 0.25) is 0 Å². The fourth-order valence-electron chi connectivity index (χ4n) is 4.83. The maximum atomic E-state index is 13.3. The average Bonchev–Trinajstić information content (AvgIpc) is 2.88. The number of carbonyl (C=O) groups is 1. The highest BCUT2D eigenvalue weighted by Gasteiger charge is 2.31. The molecule has 0 N–H and O–H groups in total. The number of benzene rings is 2. The van der Waals surface area contributed by atoms with E-state index in [-0.39, 0.29) is 11.8 Å². The van der Waals surface area contributed by atoms with Crippen molar-refractivity contribution in [2.45, 2.75) is 25.7 Å². The molecule has 1 saturated heterocycles. The SMILES string of the molecule is COc1ccccc1-c1ccc(N2CCC(C(=O)N3CCCc4ccccc43)CC2)nn1. The Kier molecular flexibility index (Phi) is 5.75. The Bertz CT molecular complexity index is 1090. The summed E-state index contributed by atoms with van der Waals surface area (Å²) in [6.07, 6.45) is 3.78. The lowest BCUT2D eigenvalue weighted by atomic mass is 9.93. The Labute approximate surface area is 188 Å². The van der Waals surface area contributed by atoms with Gasteiger partial charge in [-0.2, -0.15) is 0 Å². The molecular formula is C26H28N4O2. The number of aryl methyl sites for hydroxylation is 1. The van der Waals surface area contributed by atoms with Gasteiger partial charge >= 0.3 is 0 Å². The molecule has 1 fully saturated rings. The highest BCUT2D eigenvalue weighted by atomic mass is 16.5. The predicted octanol–water partition coefficient (Wildman–Crippen LogP) is 4.35. The molecule has 1 amide bonds. The minimum atomic E-state index is 0.0678. The smallest absolute Gasteiger partial charge is 0.230 e. The van der Waals surface area contributed by atoms with E-state index in [1.165, 1.54) is 5.56 Å². The lowest BCUT2D eigenvalue weighted by molar-refractivity contribution is -0.123. The molecule has 2 aliphatic rings. The normalized spacial score (nSPS) is 16.5. The van der Waals surface area contributed by atoms with Gasteiger partial charge < -0.3 is 14.5 Å². The van der Waals surface area contributed by atoms with Crippen molar-refractivity contribution in [3.63, 3.8) is 0 Å². The van der Waals surface area contributed by atoms with Crippen LogP contribution in [0, 0.1) is 5.92 Å². The van der Waals surface area contributed by atoms with Crippen LogP contribution in [0.3, 0.4) is 0 Å². The van der Waals surface area contributed by atoms with Crippen LogP contribution in [0.25, 0.3) is 11.3 Å². The first-order chi connectivity index (χ1) is 15.7. The molecule has 1 aromatic heterocycles. The van der Waals surface area contributed by atoms with E-state index < -0.39 is 0 Å². The van der Waals surface area contributed by atoms with Gasteiger partial charge in [0.1, 0.15) is 5.75 Å². The molecule has 0 spiro atoms. The summed E-state index contributed by atoms with van der Waals surface area (Å²) < 4.78 is 5.44. The van der Waals surface area contributed by atoms with E-state index >= 15 is 0 Å². The maximum absolute atomic E-state index is 13.3. The number of hydrogen-bond acceptors (Lipinski definition) is 5. The van der Waals surface area contributed by atoms with Gasteiger partial charge in [0.05, 0.1) is 12.8 Å². The van der Waals surface area contributed by atoms with Gasteiger partial charge in [-0.05, 0) is 61.6 Å². The third kappa shape index (κ3) is 3.93. The highest BCUT2D eigenvalue weighted by Crippen LogP contribution is 2.32. The van der Waals surface area contributed by atoms with Crippen molar-refractivity contribution in [1.29, 1.82) is 0 Å². The second kappa shape index (κ2) is 8.99. The van der Waals surface area contributed by atoms with E-state index in [0.717, 1.165) is 73.8 Å². The highest BCUT2D eigenvalue weighted by molar-refractivity contribution is 5.96. The molecule has 164 valence electrons. The molecule has 3 heterocycles. The summed E-state index contributed by atoms with van der Waals surface area (Å²) >= 11 is 0. The number of para-hydroxylation sites is 2. The zero-order valence-electron chi connectivity index (χ0n) is 18.4. The third-order valence-corrected chi connectivity index (χ3v) is 6.58. The van der Waals surface area contributed by atoms with Crippen molar-refractivity contribution < 1.29 is 9.53 Å². The van der Waals surface area contributed by atoms with E-state index in [1.807, 2.05) is 47.4 Å². The van der Waals surface area contributed by atoms with E-state index in [1.54, 1.807) is 7.11 Å². The maximum Gasteiger partial charge on any atom is 0.230 e. The number of rotatable bonds is 4. The molecule has 6 heteroatoms. The van der Waals surface area contributed by atoms with Gasteiger partial charge in [0.15, 0.2) is 5.82 Å². The zero-order chi connectivity index (χ0) is 21.9. The second-order valence-electron chi connectivity index (χ2n) is 8.46. The van der Waals surface area contributed by atoms with Gasteiger partial charge in [-0.25, -0.2) is 0 Å². The first kappa shape index (κ1) is 20.5. The molecule has 32 heavy (non-hydrogen) atoms. The second-order valence-corrected chi connectivity index (χ2v) is 8.46. The van der Waals surface area contributed by atoms with Crippen LogP contribution in [-0.4, -0.2) is 42.8 Å². The Hall–Kier alpha value is -3.41. The minimum absolute atomic E-state index is 0.0678. The first-order valence-electron chi connectivity index (χ1n) is 11.4. The molecule has 0 unspecified atom stereocenters. The van der Waals surface area contributed by atoms with Gasteiger partial charge in [0.25, 0.3) is 0 Å².